The first kappa shape index (κ1) is 27.6. The van der Waals surface area contributed by atoms with E-state index in [2.05, 4.69) is 25.8 Å². The average molecular weight is 570 g/mol. The van der Waals surface area contributed by atoms with Gasteiger partial charge in [-0.25, -0.2) is 8.42 Å². The number of phenols is 2. The maximum absolute atomic E-state index is 12.2. The highest BCUT2D eigenvalue weighted by Crippen LogP contribution is 2.43. The van der Waals surface area contributed by atoms with Crippen LogP contribution in [0.2, 0.25) is 0 Å². The molecule has 0 aromatic heterocycles. The van der Waals surface area contributed by atoms with Crippen LogP contribution in [-0.2, 0) is 20.0 Å². The van der Waals surface area contributed by atoms with E-state index >= 15 is 0 Å². The standard InChI is InChI=1S/C25H23N5O7S2/c1-3-38(33,34)15-8-11-19(23(14-15)39(35,36)37)28-30-24-16-9-13-21(25(32)17(16)10-12-20(24)26-2)29-27-18-6-4-5-7-22(18)31/h4-14,26,31-32H,3H2,1-2H3,(H,35,36,37). The van der Waals surface area contributed by atoms with E-state index in [0.29, 0.717) is 16.5 Å². The van der Waals surface area contributed by atoms with Crippen molar-refractivity contribution in [1.29, 1.82) is 0 Å². The molecule has 202 valence electrons. The lowest BCUT2D eigenvalue weighted by atomic mass is 10.1. The van der Waals surface area contributed by atoms with Gasteiger partial charge >= 0.3 is 0 Å². The van der Waals surface area contributed by atoms with Crippen LogP contribution < -0.4 is 5.32 Å². The van der Waals surface area contributed by atoms with Gasteiger partial charge in [0.15, 0.2) is 15.6 Å². The first-order valence-electron chi connectivity index (χ1n) is 11.4. The number of rotatable bonds is 8. The molecule has 0 aliphatic rings. The highest BCUT2D eigenvalue weighted by Gasteiger charge is 2.21. The molecule has 0 aliphatic heterocycles. The fourth-order valence-corrected chi connectivity index (χ4v) is 5.29. The number of azo groups is 2. The van der Waals surface area contributed by atoms with Crippen molar-refractivity contribution in [3.8, 4) is 11.5 Å². The lowest BCUT2D eigenvalue weighted by molar-refractivity contribution is 0.475. The quantitative estimate of drug-likeness (QED) is 0.143. The maximum atomic E-state index is 12.2. The minimum Gasteiger partial charge on any atom is -0.506 e. The molecule has 14 heteroatoms. The van der Waals surface area contributed by atoms with E-state index in [4.69, 9.17) is 0 Å². The molecule has 0 heterocycles. The number of nitrogens with one attached hydrogen (secondary N) is 1. The molecule has 39 heavy (non-hydrogen) atoms. The molecule has 4 N–H and O–H groups in total. The molecule has 4 aromatic rings. The number of fused-ring (bicyclic) bond motifs is 1. The van der Waals surface area contributed by atoms with Crippen molar-refractivity contribution in [2.24, 2.45) is 20.5 Å². The zero-order valence-corrected chi connectivity index (χ0v) is 22.3. The van der Waals surface area contributed by atoms with Crippen molar-refractivity contribution in [3.05, 3.63) is 66.7 Å². The molecule has 0 bridgehead atoms. The van der Waals surface area contributed by atoms with Gasteiger partial charge < -0.3 is 15.5 Å². The number of hydrogen-bond donors (Lipinski definition) is 4. The summed E-state index contributed by atoms with van der Waals surface area (Å²) in [6, 6.07) is 15.8. The minimum absolute atomic E-state index is 0.0764. The number of anilines is 1. The number of para-hydroxylation sites is 1. The van der Waals surface area contributed by atoms with Crippen molar-refractivity contribution in [1.82, 2.24) is 0 Å². The summed E-state index contributed by atoms with van der Waals surface area (Å²) >= 11 is 0. The second kappa shape index (κ2) is 10.8. The van der Waals surface area contributed by atoms with Gasteiger partial charge in [-0.05, 0) is 54.6 Å². The fraction of sp³-hybridized carbons (Fsp3) is 0.120. The van der Waals surface area contributed by atoms with Gasteiger partial charge in [0.05, 0.1) is 16.3 Å². The zero-order chi connectivity index (χ0) is 28.4. The molecule has 0 amide bonds. The summed E-state index contributed by atoms with van der Waals surface area (Å²) in [4.78, 5) is -1.00. The van der Waals surface area contributed by atoms with Gasteiger partial charge in [-0.15, -0.1) is 20.5 Å². The summed E-state index contributed by atoms with van der Waals surface area (Å²) < 4.78 is 58.2. The fourth-order valence-electron chi connectivity index (χ4n) is 3.66. The number of benzene rings is 4. The molecule has 0 radical (unpaired) electrons. The van der Waals surface area contributed by atoms with Gasteiger partial charge in [0.25, 0.3) is 10.1 Å². The lowest BCUT2D eigenvalue weighted by Crippen LogP contribution is -2.06. The number of sulfone groups is 1. The Hall–Kier alpha value is -4.40. The maximum Gasteiger partial charge on any atom is 0.296 e. The Kier molecular flexibility index (Phi) is 7.63. The highest BCUT2D eigenvalue weighted by atomic mass is 32.2. The Morgan fingerprint density at radius 2 is 1.41 bits per heavy atom. The van der Waals surface area contributed by atoms with Crippen LogP contribution in [0.25, 0.3) is 10.8 Å². The smallest absolute Gasteiger partial charge is 0.296 e. The number of nitrogens with zero attached hydrogens (tertiary/aromatic N) is 4. The average Bonchev–Trinajstić information content (AvgIpc) is 2.91. The third kappa shape index (κ3) is 5.72. The summed E-state index contributed by atoms with van der Waals surface area (Å²) in [6.45, 7) is 1.41. The summed E-state index contributed by atoms with van der Waals surface area (Å²) in [5.74, 6) is -0.566. The largest absolute Gasteiger partial charge is 0.506 e. The second-order valence-corrected chi connectivity index (χ2v) is 11.8. The molecule has 0 saturated heterocycles. The van der Waals surface area contributed by atoms with Crippen molar-refractivity contribution < 1.29 is 31.6 Å². The lowest BCUT2D eigenvalue weighted by Gasteiger charge is -2.11. The number of hydrogen-bond acceptors (Lipinski definition) is 11. The Balaban J connectivity index is 1.82. The second-order valence-electron chi connectivity index (χ2n) is 8.14. The van der Waals surface area contributed by atoms with Crippen molar-refractivity contribution in [3.63, 3.8) is 0 Å². The van der Waals surface area contributed by atoms with Crippen LogP contribution >= 0.6 is 0 Å². The van der Waals surface area contributed by atoms with E-state index in [1.54, 1.807) is 43.4 Å². The molecular formula is C25H23N5O7S2. The molecule has 0 fully saturated rings. The first-order valence-corrected chi connectivity index (χ1v) is 14.5. The van der Waals surface area contributed by atoms with E-state index in [9.17, 15) is 31.6 Å². The Bertz CT molecular complexity index is 1850. The Labute approximate surface area is 224 Å². The van der Waals surface area contributed by atoms with Crippen molar-refractivity contribution in [2.75, 3.05) is 18.1 Å². The van der Waals surface area contributed by atoms with Gasteiger partial charge in [0, 0.05) is 17.8 Å². The molecule has 4 rings (SSSR count). The summed E-state index contributed by atoms with van der Waals surface area (Å²) in [5, 5.41) is 40.6. The van der Waals surface area contributed by atoms with Gasteiger partial charge in [-0.1, -0.05) is 19.1 Å². The molecule has 0 saturated carbocycles. The third-order valence-corrected chi connectivity index (χ3v) is 8.36. The molecule has 0 spiro atoms. The molecule has 0 aliphatic carbocycles. The molecule has 0 unspecified atom stereocenters. The van der Waals surface area contributed by atoms with Crippen LogP contribution in [0, 0.1) is 0 Å². The first-order chi connectivity index (χ1) is 18.5. The summed E-state index contributed by atoms with van der Waals surface area (Å²) in [6.07, 6.45) is 0. The van der Waals surface area contributed by atoms with Crippen LogP contribution in [0.15, 0.2) is 97.0 Å². The monoisotopic (exact) mass is 569 g/mol. The SMILES string of the molecule is CCS(=O)(=O)c1ccc(N=Nc2c(NC)ccc3c(O)c(N=Nc4ccccc4O)ccc23)c(S(=O)(=O)O)c1. The summed E-state index contributed by atoms with van der Waals surface area (Å²) in [7, 11) is -6.97. The van der Waals surface area contributed by atoms with Crippen molar-refractivity contribution >= 4 is 59.2 Å². The predicted octanol–water partition coefficient (Wildman–Crippen LogP) is 6.16. The highest BCUT2D eigenvalue weighted by molar-refractivity contribution is 7.91. The van der Waals surface area contributed by atoms with Crippen LogP contribution in [0.4, 0.5) is 28.4 Å². The van der Waals surface area contributed by atoms with Crippen molar-refractivity contribution in [2.45, 2.75) is 16.7 Å². The molecular weight excluding hydrogens is 546 g/mol. The minimum atomic E-state index is -4.85. The van der Waals surface area contributed by atoms with E-state index in [1.165, 1.54) is 25.1 Å². The topological polar surface area (TPSA) is 190 Å². The summed E-state index contributed by atoms with van der Waals surface area (Å²) in [5.41, 5.74) is 0.745. The van der Waals surface area contributed by atoms with Crippen LogP contribution in [0.3, 0.4) is 0 Å². The van der Waals surface area contributed by atoms with Crippen LogP contribution in [-0.4, -0.2) is 44.4 Å². The molecule has 12 nitrogen and oxygen atoms in total. The number of aromatic hydroxyl groups is 2. The van der Waals surface area contributed by atoms with Gasteiger partial charge in [-0.2, -0.15) is 8.42 Å². The van der Waals surface area contributed by atoms with E-state index < -0.39 is 24.9 Å². The zero-order valence-electron chi connectivity index (χ0n) is 20.6. The van der Waals surface area contributed by atoms with E-state index in [0.717, 1.165) is 12.1 Å². The molecule has 0 atom stereocenters. The van der Waals surface area contributed by atoms with Crippen LogP contribution in [0.5, 0.6) is 11.5 Å². The molecule has 4 aromatic carbocycles. The van der Waals surface area contributed by atoms with Gasteiger partial charge in [0.2, 0.25) is 0 Å². The van der Waals surface area contributed by atoms with Gasteiger partial charge in [0.1, 0.15) is 33.4 Å². The predicted molar refractivity (Wildman–Crippen MR) is 146 cm³/mol. The van der Waals surface area contributed by atoms with Gasteiger partial charge in [-0.3, -0.25) is 4.55 Å². The normalized spacial score (nSPS) is 12.5. The number of phenolic OH excluding ortho intramolecular Hbond substituents is 2. The van der Waals surface area contributed by atoms with Crippen LogP contribution in [0.1, 0.15) is 6.92 Å². The Morgan fingerprint density at radius 3 is 2.08 bits per heavy atom. The van der Waals surface area contributed by atoms with E-state index in [-0.39, 0.29) is 44.9 Å². The van der Waals surface area contributed by atoms with E-state index in [1.807, 2.05) is 0 Å². The Morgan fingerprint density at radius 1 is 0.769 bits per heavy atom. The third-order valence-electron chi connectivity index (χ3n) is 5.75.